The zero-order valence-corrected chi connectivity index (χ0v) is 33.4. The van der Waals surface area contributed by atoms with E-state index < -0.39 is 0 Å². The van der Waals surface area contributed by atoms with E-state index in [1.165, 1.54) is 54.1 Å². The van der Waals surface area contributed by atoms with Gasteiger partial charge in [-0.15, -0.1) is 0 Å². The maximum Gasteiger partial charge on any atom is 0.164 e. The Labute approximate surface area is 356 Å². The predicted octanol–water partition coefficient (Wildman–Crippen LogP) is 14.5. The molecule has 0 unspecified atom stereocenters. The fraction of sp³-hybridized carbons (Fsp3) is 0. The summed E-state index contributed by atoms with van der Waals surface area (Å²) < 4.78 is 4.94. The minimum atomic E-state index is 0.637. The monoisotopic (exact) mass is 789 g/mol. The van der Waals surface area contributed by atoms with E-state index in [1.54, 1.807) is 0 Å². The SMILES string of the molecule is c1ccc(-c2nc(-c3ccccc3)nc(-c3ccc4c(-n5c6ccccc6c6cc7c8ccc9ccccc9c8n(-c8ccc9ccccc9c8)c7cc65)cccc4c3)n2)cc1. The molecule has 0 radical (unpaired) electrons. The van der Waals surface area contributed by atoms with Crippen LogP contribution in [-0.4, -0.2) is 24.1 Å². The van der Waals surface area contributed by atoms with Crippen LogP contribution in [0.1, 0.15) is 0 Å². The van der Waals surface area contributed by atoms with Gasteiger partial charge in [-0.2, -0.15) is 0 Å². The van der Waals surface area contributed by atoms with Crippen molar-refractivity contribution in [1.82, 2.24) is 24.1 Å². The van der Waals surface area contributed by atoms with Gasteiger partial charge in [-0.25, -0.2) is 15.0 Å². The van der Waals surface area contributed by atoms with Crippen molar-refractivity contribution in [2.24, 2.45) is 0 Å². The van der Waals surface area contributed by atoms with Crippen LogP contribution in [0.25, 0.3) is 121 Å². The standard InChI is InChI=1S/C57H35N5/c1-3-16-38(17-4-1)55-58-56(39-18-5-2-6-19-39)60-57(59-55)42-28-30-44-41(32-42)21-13-25-50(44)62-51-24-12-11-23-46(51)48-34-49-47-31-27-37-15-9-10-22-45(37)54(47)61(52(49)35-53(48)62)43-29-26-36-14-7-8-20-40(36)33-43/h1-35H. The van der Waals surface area contributed by atoms with Crippen LogP contribution in [0.5, 0.6) is 0 Å². The highest BCUT2D eigenvalue weighted by Gasteiger charge is 2.21. The van der Waals surface area contributed by atoms with Crippen molar-refractivity contribution in [3.63, 3.8) is 0 Å². The Bertz CT molecular complexity index is 3860. The first-order valence-corrected chi connectivity index (χ1v) is 21.0. The maximum absolute atomic E-state index is 5.05. The van der Waals surface area contributed by atoms with Crippen LogP contribution < -0.4 is 0 Å². The van der Waals surface area contributed by atoms with Gasteiger partial charge in [0, 0.05) is 54.7 Å². The van der Waals surface area contributed by atoms with Crippen LogP contribution in [0.3, 0.4) is 0 Å². The van der Waals surface area contributed by atoms with Crippen molar-refractivity contribution in [2.45, 2.75) is 0 Å². The van der Waals surface area contributed by atoms with Crippen molar-refractivity contribution in [3.8, 4) is 45.5 Å². The second-order valence-electron chi connectivity index (χ2n) is 16.0. The molecule has 0 bridgehead atoms. The molecule has 0 saturated heterocycles. The molecule has 0 saturated carbocycles. The molecular weight excluding hydrogens is 755 g/mol. The number of rotatable bonds is 5. The predicted molar refractivity (Wildman–Crippen MR) is 257 cm³/mol. The van der Waals surface area contributed by atoms with Gasteiger partial charge in [0.15, 0.2) is 17.5 Å². The van der Waals surface area contributed by atoms with Gasteiger partial charge in [-0.3, -0.25) is 0 Å². The van der Waals surface area contributed by atoms with Crippen LogP contribution in [0.2, 0.25) is 0 Å². The molecule has 3 heterocycles. The number of fused-ring (bicyclic) bond motifs is 10. The van der Waals surface area contributed by atoms with Crippen molar-refractivity contribution in [2.75, 3.05) is 0 Å². The summed E-state index contributed by atoms with van der Waals surface area (Å²) in [6, 6.07) is 75.9. The number of aromatic nitrogens is 5. The lowest BCUT2D eigenvalue weighted by molar-refractivity contribution is 1.07. The first-order chi connectivity index (χ1) is 30.7. The Morgan fingerprint density at radius 3 is 1.63 bits per heavy atom. The third-order valence-corrected chi connectivity index (χ3v) is 12.5. The van der Waals surface area contributed by atoms with Gasteiger partial charge in [0.05, 0.1) is 27.8 Å². The van der Waals surface area contributed by atoms with Crippen LogP contribution in [0.4, 0.5) is 0 Å². The summed E-state index contributed by atoms with van der Waals surface area (Å²) in [5.74, 6) is 1.93. The molecule has 288 valence electrons. The van der Waals surface area contributed by atoms with E-state index in [2.05, 4.69) is 161 Å². The van der Waals surface area contributed by atoms with E-state index in [0.29, 0.717) is 17.5 Å². The Hall–Kier alpha value is -8.41. The lowest BCUT2D eigenvalue weighted by Crippen LogP contribution is -2.00. The number of hydrogen-bond donors (Lipinski definition) is 0. The Morgan fingerprint density at radius 2 is 0.855 bits per heavy atom. The molecule has 5 nitrogen and oxygen atoms in total. The molecule has 0 spiro atoms. The lowest BCUT2D eigenvalue weighted by atomic mass is 10.0. The Morgan fingerprint density at radius 1 is 0.274 bits per heavy atom. The quantitative estimate of drug-likeness (QED) is 0.174. The molecular formula is C57H35N5. The summed E-state index contributed by atoms with van der Waals surface area (Å²) in [6.07, 6.45) is 0. The van der Waals surface area contributed by atoms with E-state index in [-0.39, 0.29) is 0 Å². The molecule has 13 rings (SSSR count). The number of hydrogen-bond acceptors (Lipinski definition) is 3. The summed E-state index contributed by atoms with van der Waals surface area (Å²) >= 11 is 0. The minimum absolute atomic E-state index is 0.637. The van der Waals surface area contributed by atoms with E-state index in [1.807, 2.05) is 60.7 Å². The van der Waals surface area contributed by atoms with Crippen molar-refractivity contribution in [3.05, 3.63) is 212 Å². The van der Waals surface area contributed by atoms with E-state index >= 15 is 0 Å². The fourth-order valence-electron chi connectivity index (χ4n) is 9.62. The summed E-state index contributed by atoms with van der Waals surface area (Å²) in [4.78, 5) is 15.0. The van der Waals surface area contributed by atoms with Crippen molar-refractivity contribution in [1.29, 1.82) is 0 Å². The molecule has 0 amide bonds. The molecule has 3 aromatic heterocycles. The number of nitrogens with zero attached hydrogens (tertiary/aromatic N) is 5. The maximum atomic E-state index is 5.05. The van der Waals surface area contributed by atoms with Gasteiger partial charge in [0.25, 0.3) is 0 Å². The molecule has 0 fully saturated rings. The van der Waals surface area contributed by atoms with Crippen molar-refractivity contribution < 1.29 is 0 Å². The highest BCUT2D eigenvalue weighted by Crippen LogP contribution is 2.43. The third kappa shape index (κ3) is 5.32. The van der Waals surface area contributed by atoms with Crippen LogP contribution in [0.15, 0.2) is 212 Å². The number of benzene rings is 10. The minimum Gasteiger partial charge on any atom is -0.309 e. The molecule has 62 heavy (non-hydrogen) atoms. The van der Waals surface area contributed by atoms with Gasteiger partial charge in [0.2, 0.25) is 0 Å². The van der Waals surface area contributed by atoms with Gasteiger partial charge in [-0.1, -0.05) is 170 Å². The molecule has 0 N–H and O–H groups in total. The van der Waals surface area contributed by atoms with Gasteiger partial charge < -0.3 is 9.13 Å². The summed E-state index contributed by atoms with van der Waals surface area (Å²) in [6.45, 7) is 0. The highest BCUT2D eigenvalue weighted by atomic mass is 15.0. The first-order valence-electron chi connectivity index (χ1n) is 21.0. The summed E-state index contributed by atoms with van der Waals surface area (Å²) in [7, 11) is 0. The summed E-state index contributed by atoms with van der Waals surface area (Å²) in [5, 5.41) is 12.1. The largest absolute Gasteiger partial charge is 0.309 e. The molecule has 0 aliphatic rings. The van der Waals surface area contributed by atoms with Gasteiger partial charge in [-0.05, 0) is 64.0 Å². The number of para-hydroxylation sites is 1. The van der Waals surface area contributed by atoms with E-state index in [4.69, 9.17) is 15.0 Å². The Kier molecular flexibility index (Phi) is 7.54. The zero-order valence-electron chi connectivity index (χ0n) is 33.4. The second kappa shape index (κ2) is 13.6. The molecule has 13 aromatic rings. The van der Waals surface area contributed by atoms with Gasteiger partial charge in [0.1, 0.15) is 0 Å². The first kappa shape index (κ1) is 34.5. The average molecular weight is 790 g/mol. The molecule has 0 atom stereocenters. The average Bonchev–Trinajstić information content (AvgIpc) is 3.85. The fourth-order valence-corrected chi connectivity index (χ4v) is 9.62. The topological polar surface area (TPSA) is 48.5 Å². The van der Waals surface area contributed by atoms with Crippen molar-refractivity contribution >= 4 is 75.9 Å². The van der Waals surface area contributed by atoms with Crippen LogP contribution in [0, 0.1) is 0 Å². The van der Waals surface area contributed by atoms with E-state index in [9.17, 15) is 0 Å². The molecule has 0 aliphatic heterocycles. The van der Waals surface area contributed by atoms with E-state index in [0.717, 1.165) is 49.9 Å². The molecule has 10 aromatic carbocycles. The second-order valence-corrected chi connectivity index (χ2v) is 16.0. The molecule has 5 heteroatoms. The normalized spacial score (nSPS) is 11.9. The third-order valence-electron chi connectivity index (χ3n) is 12.5. The van der Waals surface area contributed by atoms with Crippen LogP contribution in [-0.2, 0) is 0 Å². The lowest BCUT2D eigenvalue weighted by Gasteiger charge is -2.14. The Balaban J connectivity index is 1.05. The summed E-state index contributed by atoms with van der Waals surface area (Å²) in [5.41, 5.74) is 9.80. The smallest absolute Gasteiger partial charge is 0.164 e. The van der Waals surface area contributed by atoms with Gasteiger partial charge >= 0.3 is 0 Å². The van der Waals surface area contributed by atoms with Crippen LogP contribution >= 0.6 is 0 Å². The molecule has 0 aliphatic carbocycles. The highest BCUT2D eigenvalue weighted by molar-refractivity contribution is 6.23. The zero-order chi connectivity index (χ0) is 40.7.